The summed E-state index contributed by atoms with van der Waals surface area (Å²) in [5.41, 5.74) is 0. The number of hydrogen-bond acceptors (Lipinski definition) is 3. The fourth-order valence-electron chi connectivity index (χ4n) is 2.82. The quantitative estimate of drug-likeness (QED) is 0.887. The smallest absolute Gasteiger partial charge is 0.223 e. The third-order valence-electron chi connectivity index (χ3n) is 4.21. The van der Waals surface area contributed by atoms with Crippen LogP contribution >= 0.6 is 0 Å². The summed E-state index contributed by atoms with van der Waals surface area (Å²) < 4.78 is 5.26. The van der Waals surface area contributed by atoms with Crippen molar-refractivity contribution < 1.29 is 9.21 Å². The molecule has 1 heterocycles. The molecule has 0 unspecified atom stereocenters. The summed E-state index contributed by atoms with van der Waals surface area (Å²) in [6, 6.07) is 4.82. The first-order valence-electron chi connectivity index (χ1n) is 7.16. The Morgan fingerprint density at radius 1 is 1.42 bits per heavy atom. The number of aryl methyl sites for hydroxylation is 1. The lowest BCUT2D eigenvalue weighted by Crippen LogP contribution is -2.42. The molecule has 0 aromatic carbocycles. The van der Waals surface area contributed by atoms with Gasteiger partial charge in [0.2, 0.25) is 5.91 Å². The van der Waals surface area contributed by atoms with Gasteiger partial charge in [-0.3, -0.25) is 4.79 Å². The summed E-state index contributed by atoms with van der Waals surface area (Å²) in [4.78, 5) is 14.1. The predicted molar refractivity (Wildman–Crippen MR) is 74.9 cm³/mol. The molecule has 0 atom stereocenters. The van der Waals surface area contributed by atoms with Crippen molar-refractivity contribution >= 4 is 5.91 Å². The molecule has 1 amide bonds. The van der Waals surface area contributed by atoms with E-state index in [0.29, 0.717) is 24.9 Å². The van der Waals surface area contributed by atoms with Crippen molar-refractivity contribution in [1.29, 1.82) is 0 Å². The van der Waals surface area contributed by atoms with Crippen LogP contribution in [0.25, 0.3) is 0 Å². The van der Waals surface area contributed by atoms with Gasteiger partial charge in [0.15, 0.2) is 0 Å². The van der Waals surface area contributed by atoms with Gasteiger partial charge in [0.1, 0.15) is 5.76 Å². The molecule has 0 aliphatic heterocycles. The summed E-state index contributed by atoms with van der Waals surface area (Å²) in [6.45, 7) is 0. The molecule has 1 aromatic heterocycles. The van der Waals surface area contributed by atoms with Crippen LogP contribution in [0, 0.1) is 0 Å². The van der Waals surface area contributed by atoms with Crippen molar-refractivity contribution in [3.63, 3.8) is 0 Å². The Hall–Kier alpha value is -1.29. The van der Waals surface area contributed by atoms with Gasteiger partial charge in [0.25, 0.3) is 0 Å². The van der Waals surface area contributed by atoms with Crippen LogP contribution in [0.5, 0.6) is 0 Å². The van der Waals surface area contributed by atoms with Crippen LogP contribution in [-0.2, 0) is 11.2 Å². The molecule has 1 aliphatic carbocycles. The van der Waals surface area contributed by atoms with Gasteiger partial charge >= 0.3 is 0 Å². The Labute approximate surface area is 115 Å². The topological polar surface area (TPSA) is 45.5 Å². The standard InChI is InChI=1S/C15H24N2O2/c1-16-12-5-7-13(8-6-12)17(2)15(18)10-9-14-4-3-11-19-14/h3-4,11-13,16H,5-10H2,1-2H3. The fraction of sp³-hybridized carbons (Fsp3) is 0.667. The lowest BCUT2D eigenvalue weighted by Gasteiger charge is -2.34. The number of hydrogen-bond donors (Lipinski definition) is 1. The number of furan rings is 1. The lowest BCUT2D eigenvalue weighted by atomic mass is 9.90. The number of nitrogens with zero attached hydrogens (tertiary/aromatic N) is 1. The minimum Gasteiger partial charge on any atom is -0.469 e. The molecular formula is C15H24N2O2. The normalized spacial score (nSPS) is 23.3. The van der Waals surface area contributed by atoms with Gasteiger partial charge in [-0.2, -0.15) is 0 Å². The van der Waals surface area contributed by atoms with Gasteiger partial charge in [-0.15, -0.1) is 0 Å². The SMILES string of the molecule is CNC1CCC(N(C)C(=O)CCc2ccco2)CC1. The van der Waals surface area contributed by atoms with Gasteiger partial charge in [0, 0.05) is 32.0 Å². The zero-order chi connectivity index (χ0) is 13.7. The molecule has 0 radical (unpaired) electrons. The second kappa shape index (κ2) is 6.75. The average molecular weight is 264 g/mol. The van der Waals surface area contributed by atoms with Crippen molar-refractivity contribution in [1.82, 2.24) is 10.2 Å². The minimum atomic E-state index is 0.226. The van der Waals surface area contributed by atoms with E-state index in [2.05, 4.69) is 5.32 Å². The van der Waals surface area contributed by atoms with Crippen molar-refractivity contribution in [2.24, 2.45) is 0 Å². The molecule has 19 heavy (non-hydrogen) atoms. The van der Waals surface area contributed by atoms with E-state index in [1.165, 1.54) is 0 Å². The highest BCUT2D eigenvalue weighted by Gasteiger charge is 2.25. The first kappa shape index (κ1) is 14.1. The largest absolute Gasteiger partial charge is 0.469 e. The second-order valence-electron chi connectivity index (χ2n) is 5.38. The second-order valence-corrected chi connectivity index (χ2v) is 5.38. The van der Waals surface area contributed by atoms with E-state index >= 15 is 0 Å². The average Bonchev–Trinajstić information content (AvgIpc) is 2.97. The summed E-state index contributed by atoms with van der Waals surface area (Å²) in [5, 5.41) is 3.32. The van der Waals surface area contributed by atoms with Gasteiger partial charge in [-0.1, -0.05) is 0 Å². The Bertz CT molecular complexity index is 381. The predicted octanol–water partition coefficient (Wildman–Crippen LogP) is 2.20. The molecule has 4 nitrogen and oxygen atoms in total. The molecular weight excluding hydrogens is 240 g/mol. The zero-order valence-electron chi connectivity index (χ0n) is 11.9. The Balaban J connectivity index is 1.76. The van der Waals surface area contributed by atoms with Crippen molar-refractivity contribution in [3.05, 3.63) is 24.2 Å². The highest BCUT2D eigenvalue weighted by Crippen LogP contribution is 2.22. The first-order chi connectivity index (χ1) is 9.20. The van der Waals surface area contributed by atoms with Crippen LogP contribution in [-0.4, -0.2) is 37.0 Å². The Kier molecular flexibility index (Phi) is 5.02. The maximum atomic E-state index is 12.2. The molecule has 1 N–H and O–H groups in total. The minimum absolute atomic E-state index is 0.226. The van der Waals surface area contributed by atoms with E-state index in [4.69, 9.17) is 4.42 Å². The highest BCUT2D eigenvalue weighted by molar-refractivity contribution is 5.76. The third-order valence-corrected chi connectivity index (χ3v) is 4.21. The molecule has 4 heteroatoms. The zero-order valence-corrected chi connectivity index (χ0v) is 11.9. The van der Waals surface area contributed by atoms with E-state index in [0.717, 1.165) is 31.4 Å². The molecule has 1 aromatic rings. The number of carbonyl (C=O) groups excluding carboxylic acids is 1. The maximum Gasteiger partial charge on any atom is 0.223 e. The summed E-state index contributed by atoms with van der Waals surface area (Å²) >= 11 is 0. The van der Waals surface area contributed by atoms with Crippen LogP contribution in [0.15, 0.2) is 22.8 Å². The summed E-state index contributed by atoms with van der Waals surface area (Å²) in [6.07, 6.45) is 7.43. The molecule has 0 spiro atoms. The lowest BCUT2D eigenvalue weighted by molar-refractivity contribution is -0.132. The van der Waals surface area contributed by atoms with Gasteiger partial charge < -0.3 is 14.6 Å². The van der Waals surface area contributed by atoms with E-state index in [1.54, 1.807) is 6.26 Å². The maximum absolute atomic E-state index is 12.2. The molecule has 1 fully saturated rings. The fourth-order valence-corrected chi connectivity index (χ4v) is 2.82. The Morgan fingerprint density at radius 2 is 2.16 bits per heavy atom. The van der Waals surface area contributed by atoms with Gasteiger partial charge in [-0.25, -0.2) is 0 Å². The molecule has 1 saturated carbocycles. The van der Waals surface area contributed by atoms with Crippen LogP contribution < -0.4 is 5.32 Å². The van der Waals surface area contributed by atoms with Crippen molar-refractivity contribution in [3.8, 4) is 0 Å². The number of carbonyl (C=O) groups is 1. The van der Waals surface area contributed by atoms with Crippen LogP contribution in [0.2, 0.25) is 0 Å². The van der Waals surface area contributed by atoms with Crippen LogP contribution in [0.3, 0.4) is 0 Å². The van der Waals surface area contributed by atoms with Gasteiger partial charge in [-0.05, 0) is 44.9 Å². The number of amides is 1. The van der Waals surface area contributed by atoms with Crippen molar-refractivity contribution in [2.75, 3.05) is 14.1 Å². The van der Waals surface area contributed by atoms with Crippen LogP contribution in [0.1, 0.15) is 37.9 Å². The molecule has 1 aliphatic rings. The monoisotopic (exact) mass is 264 g/mol. The highest BCUT2D eigenvalue weighted by atomic mass is 16.3. The third kappa shape index (κ3) is 3.83. The van der Waals surface area contributed by atoms with E-state index < -0.39 is 0 Å². The Morgan fingerprint density at radius 3 is 2.74 bits per heavy atom. The summed E-state index contributed by atoms with van der Waals surface area (Å²) in [5.74, 6) is 1.12. The van der Waals surface area contributed by atoms with E-state index in [-0.39, 0.29) is 5.91 Å². The molecule has 2 rings (SSSR count). The first-order valence-corrected chi connectivity index (χ1v) is 7.16. The van der Waals surface area contributed by atoms with Crippen LogP contribution in [0.4, 0.5) is 0 Å². The molecule has 0 saturated heterocycles. The van der Waals surface area contributed by atoms with Crippen molar-refractivity contribution in [2.45, 2.75) is 50.6 Å². The molecule has 106 valence electrons. The number of rotatable bonds is 5. The summed E-state index contributed by atoms with van der Waals surface area (Å²) in [7, 11) is 3.96. The van der Waals surface area contributed by atoms with Gasteiger partial charge in [0.05, 0.1) is 6.26 Å². The molecule has 0 bridgehead atoms. The number of nitrogens with one attached hydrogen (secondary N) is 1. The van der Waals surface area contributed by atoms with E-state index in [9.17, 15) is 4.79 Å². The van der Waals surface area contributed by atoms with E-state index in [1.807, 2.05) is 31.1 Å².